The molecule has 0 atom stereocenters. The molecule has 0 aliphatic carbocycles. The fourth-order valence-corrected chi connectivity index (χ4v) is 1.17. The van der Waals surface area contributed by atoms with Crippen LogP contribution in [0.1, 0.15) is 33.6 Å². The molecule has 0 radical (unpaired) electrons. The van der Waals surface area contributed by atoms with Crippen molar-refractivity contribution in [3.05, 3.63) is 0 Å². The standard InChI is InChI=1S/C10H15NO3/c1-10(2,3)6-8(12)11-7-4-5-14-9(7)13/h4-6H2,1-3H3. The van der Waals surface area contributed by atoms with Gasteiger partial charge in [0.1, 0.15) is 5.71 Å². The molecule has 0 unspecified atom stereocenters. The molecule has 0 aromatic heterocycles. The minimum absolute atomic E-state index is 0.0936. The second-order valence-electron chi connectivity index (χ2n) is 4.58. The van der Waals surface area contributed by atoms with Gasteiger partial charge in [-0.05, 0) is 5.41 Å². The molecule has 1 amide bonds. The summed E-state index contributed by atoms with van der Waals surface area (Å²) < 4.78 is 4.67. The minimum atomic E-state index is -0.452. The van der Waals surface area contributed by atoms with Gasteiger partial charge >= 0.3 is 5.97 Å². The van der Waals surface area contributed by atoms with Crippen LogP contribution in [0.3, 0.4) is 0 Å². The van der Waals surface area contributed by atoms with Gasteiger partial charge in [0, 0.05) is 12.8 Å². The molecule has 0 bridgehead atoms. The van der Waals surface area contributed by atoms with Crippen molar-refractivity contribution in [1.82, 2.24) is 0 Å². The first-order valence-electron chi connectivity index (χ1n) is 4.66. The molecule has 1 fully saturated rings. The number of esters is 1. The number of hydrogen-bond acceptors (Lipinski definition) is 3. The summed E-state index contributed by atoms with van der Waals surface area (Å²) in [6, 6.07) is 0. The molecule has 0 spiro atoms. The Balaban J connectivity index is 2.59. The van der Waals surface area contributed by atoms with E-state index in [-0.39, 0.29) is 17.0 Å². The van der Waals surface area contributed by atoms with Gasteiger partial charge in [-0.1, -0.05) is 20.8 Å². The van der Waals surface area contributed by atoms with Gasteiger partial charge < -0.3 is 4.74 Å². The number of amides is 1. The van der Waals surface area contributed by atoms with Crippen molar-refractivity contribution >= 4 is 17.6 Å². The van der Waals surface area contributed by atoms with E-state index < -0.39 is 5.97 Å². The summed E-state index contributed by atoms with van der Waals surface area (Å²) in [5.74, 6) is -0.696. The Morgan fingerprint density at radius 1 is 1.50 bits per heavy atom. The molecular formula is C10H15NO3. The molecule has 0 saturated carbocycles. The van der Waals surface area contributed by atoms with E-state index in [0.717, 1.165) is 0 Å². The van der Waals surface area contributed by atoms with E-state index in [1.807, 2.05) is 20.8 Å². The second-order valence-corrected chi connectivity index (χ2v) is 4.58. The van der Waals surface area contributed by atoms with Crippen molar-refractivity contribution in [1.29, 1.82) is 0 Å². The molecule has 4 nitrogen and oxygen atoms in total. The third-order valence-corrected chi connectivity index (χ3v) is 1.75. The Morgan fingerprint density at radius 2 is 2.14 bits per heavy atom. The van der Waals surface area contributed by atoms with Crippen LogP contribution in [0.25, 0.3) is 0 Å². The number of carbonyl (C=O) groups excluding carboxylic acids is 2. The number of cyclic esters (lactones) is 1. The summed E-state index contributed by atoms with van der Waals surface area (Å²) >= 11 is 0. The fraction of sp³-hybridized carbons (Fsp3) is 0.700. The Labute approximate surface area is 83.3 Å². The van der Waals surface area contributed by atoms with E-state index >= 15 is 0 Å². The molecule has 14 heavy (non-hydrogen) atoms. The van der Waals surface area contributed by atoms with Gasteiger partial charge in [-0.3, -0.25) is 4.79 Å². The molecule has 0 aromatic rings. The van der Waals surface area contributed by atoms with Crippen molar-refractivity contribution in [2.24, 2.45) is 10.4 Å². The number of hydrogen-bond donors (Lipinski definition) is 0. The molecule has 1 rings (SSSR count). The SMILES string of the molecule is CC(C)(C)CC(=O)N=C1CCOC1=O. The predicted molar refractivity (Wildman–Crippen MR) is 52.1 cm³/mol. The molecule has 1 saturated heterocycles. The van der Waals surface area contributed by atoms with Crippen LogP contribution in [-0.4, -0.2) is 24.2 Å². The van der Waals surface area contributed by atoms with Gasteiger partial charge in [0.15, 0.2) is 0 Å². The van der Waals surface area contributed by atoms with Crippen LogP contribution in [0, 0.1) is 5.41 Å². The average Bonchev–Trinajstić information content (AvgIpc) is 2.32. The first-order valence-corrected chi connectivity index (χ1v) is 4.66. The van der Waals surface area contributed by atoms with Crippen molar-refractivity contribution in [2.45, 2.75) is 33.6 Å². The van der Waals surface area contributed by atoms with Crippen molar-refractivity contribution in [3.63, 3.8) is 0 Å². The lowest BCUT2D eigenvalue weighted by atomic mass is 9.92. The molecular weight excluding hydrogens is 182 g/mol. The van der Waals surface area contributed by atoms with E-state index in [0.29, 0.717) is 19.4 Å². The number of aliphatic imine (C=N–C) groups is 1. The zero-order valence-corrected chi connectivity index (χ0v) is 8.79. The normalized spacial score (nSPS) is 19.9. The van der Waals surface area contributed by atoms with Crippen LogP contribution in [-0.2, 0) is 14.3 Å². The van der Waals surface area contributed by atoms with Crippen molar-refractivity contribution in [3.8, 4) is 0 Å². The van der Waals surface area contributed by atoms with Crippen LogP contribution in [0.5, 0.6) is 0 Å². The Morgan fingerprint density at radius 3 is 2.57 bits per heavy atom. The predicted octanol–water partition coefficient (Wildman–Crippen LogP) is 1.34. The summed E-state index contributed by atoms with van der Waals surface area (Å²) in [5.41, 5.74) is 0.170. The monoisotopic (exact) mass is 197 g/mol. The Kier molecular flexibility index (Phi) is 3.03. The summed E-state index contributed by atoms with van der Waals surface area (Å²) in [5, 5.41) is 0. The van der Waals surface area contributed by atoms with Crippen LogP contribution >= 0.6 is 0 Å². The highest BCUT2D eigenvalue weighted by Gasteiger charge is 2.23. The lowest BCUT2D eigenvalue weighted by molar-refractivity contribution is -0.133. The molecule has 78 valence electrons. The van der Waals surface area contributed by atoms with Gasteiger partial charge in [0.25, 0.3) is 0 Å². The van der Waals surface area contributed by atoms with Crippen molar-refractivity contribution in [2.75, 3.05) is 6.61 Å². The summed E-state index contributed by atoms with van der Waals surface area (Å²) in [4.78, 5) is 26.1. The molecule has 1 aliphatic heterocycles. The number of carbonyl (C=O) groups is 2. The van der Waals surface area contributed by atoms with E-state index in [9.17, 15) is 9.59 Å². The van der Waals surface area contributed by atoms with E-state index in [1.54, 1.807) is 0 Å². The quantitative estimate of drug-likeness (QED) is 0.596. The lowest BCUT2D eigenvalue weighted by Crippen LogP contribution is -2.14. The lowest BCUT2D eigenvalue weighted by Gasteiger charge is -2.14. The first kappa shape index (κ1) is 10.9. The molecule has 0 aromatic carbocycles. The number of nitrogens with zero attached hydrogens (tertiary/aromatic N) is 1. The smallest absolute Gasteiger partial charge is 0.352 e. The largest absolute Gasteiger partial charge is 0.461 e. The summed E-state index contributed by atoms with van der Waals surface area (Å²) in [6.07, 6.45) is 0.804. The summed E-state index contributed by atoms with van der Waals surface area (Å²) in [6.45, 7) is 6.22. The maximum absolute atomic E-state index is 11.4. The maximum Gasteiger partial charge on any atom is 0.352 e. The highest BCUT2D eigenvalue weighted by Crippen LogP contribution is 2.19. The topological polar surface area (TPSA) is 55.7 Å². The number of rotatable bonds is 1. The van der Waals surface area contributed by atoms with Crippen molar-refractivity contribution < 1.29 is 14.3 Å². The summed E-state index contributed by atoms with van der Waals surface area (Å²) in [7, 11) is 0. The van der Waals surface area contributed by atoms with Crippen LogP contribution in [0.4, 0.5) is 0 Å². The molecule has 1 heterocycles. The highest BCUT2D eigenvalue weighted by molar-refractivity contribution is 6.39. The van der Waals surface area contributed by atoms with Gasteiger partial charge in [0.2, 0.25) is 5.91 Å². The number of ether oxygens (including phenoxy) is 1. The fourth-order valence-electron chi connectivity index (χ4n) is 1.17. The maximum atomic E-state index is 11.4. The average molecular weight is 197 g/mol. The minimum Gasteiger partial charge on any atom is -0.461 e. The molecule has 0 N–H and O–H groups in total. The zero-order valence-electron chi connectivity index (χ0n) is 8.79. The van der Waals surface area contributed by atoms with Crippen LogP contribution in [0.2, 0.25) is 0 Å². The van der Waals surface area contributed by atoms with Crippen LogP contribution in [0.15, 0.2) is 4.99 Å². The highest BCUT2D eigenvalue weighted by atomic mass is 16.5. The Hall–Kier alpha value is -1.19. The third-order valence-electron chi connectivity index (χ3n) is 1.75. The van der Waals surface area contributed by atoms with E-state index in [2.05, 4.69) is 9.73 Å². The van der Waals surface area contributed by atoms with Crippen LogP contribution < -0.4 is 0 Å². The Bertz CT molecular complexity index is 286. The zero-order chi connectivity index (χ0) is 10.8. The molecule has 4 heteroatoms. The van der Waals surface area contributed by atoms with Gasteiger partial charge in [-0.2, -0.15) is 0 Å². The molecule has 1 aliphatic rings. The van der Waals surface area contributed by atoms with Gasteiger partial charge in [-0.25, -0.2) is 9.79 Å². The first-order chi connectivity index (χ1) is 6.38. The van der Waals surface area contributed by atoms with Gasteiger partial charge in [-0.15, -0.1) is 0 Å². The second kappa shape index (κ2) is 3.90. The van der Waals surface area contributed by atoms with Gasteiger partial charge in [0.05, 0.1) is 6.61 Å². The van der Waals surface area contributed by atoms with E-state index in [1.165, 1.54) is 0 Å². The third kappa shape index (κ3) is 3.28. The van der Waals surface area contributed by atoms with E-state index in [4.69, 9.17) is 0 Å².